The first-order valence-electron chi connectivity index (χ1n) is 10.4. The van der Waals surface area contributed by atoms with Gasteiger partial charge in [0.2, 0.25) is 0 Å². The number of nitrogens with one attached hydrogen (secondary N) is 4. The molecule has 0 aliphatic rings. The van der Waals surface area contributed by atoms with Gasteiger partial charge in [-0.05, 0) is 42.6 Å². The van der Waals surface area contributed by atoms with Gasteiger partial charge in [-0.3, -0.25) is 9.98 Å². The van der Waals surface area contributed by atoms with Crippen molar-refractivity contribution < 1.29 is 9.53 Å². The van der Waals surface area contributed by atoms with Crippen LogP contribution in [-0.4, -0.2) is 46.7 Å². The van der Waals surface area contributed by atoms with Gasteiger partial charge in [0.15, 0.2) is 5.96 Å². The second-order valence-electron chi connectivity index (χ2n) is 7.77. The van der Waals surface area contributed by atoms with Gasteiger partial charge in [-0.1, -0.05) is 26.0 Å². The highest BCUT2D eigenvalue weighted by Gasteiger charge is 2.20. The average molecular weight is 440 g/mol. The van der Waals surface area contributed by atoms with Crippen molar-refractivity contribution in [3.8, 4) is 5.69 Å². The van der Waals surface area contributed by atoms with E-state index in [-0.39, 0.29) is 11.6 Å². The van der Waals surface area contributed by atoms with Crippen molar-refractivity contribution in [1.82, 2.24) is 25.2 Å². The minimum absolute atomic E-state index is 0.0897. The van der Waals surface area contributed by atoms with Gasteiger partial charge in [-0.15, -0.1) is 0 Å². The lowest BCUT2D eigenvalue weighted by Gasteiger charge is -2.17. The molecule has 1 aromatic carbocycles. The second kappa shape index (κ2) is 10.1. The van der Waals surface area contributed by atoms with Crippen molar-refractivity contribution in [3.63, 3.8) is 0 Å². The smallest absolute Gasteiger partial charge is 0.354 e. The molecule has 0 aliphatic heterocycles. The maximum absolute atomic E-state index is 12.6. The van der Waals surface area contributed by atoms with Gasteiger partial charge < -0.3 is 26.1 Å². The maximum Gasteiger partial charge on any atom is 0.354 e. The van der Waals surface area contributed by atoms with Crippen LogP contribution < -0.4 is 22.1 Å². The third kappa shape index (κ3) is 5.33. The maximum atomic E-state index is 12.6. The predicted molar refractivity (Wildman–Crippen MR) is 123 cm³/mol. The minimum atomic E-state index is -0.651. The molecule has 0 fully saturated rings. The second-order valence-corrected chi connectivity index (χ2v) is 7.77. The lowest BCUT2D eigenvalue weighted by atomic mass is 10.1. The Kier molecular flexibility index (Phi) is 7.26. The van der Waals surface area contributed by atoms with E-state index < -0.39 is 12.0 Å². The number of benzene rings is 1. The van der Waals surface area contributed by atoms with Gasteiger partial charge in [-0.2, -0.15) is 4.98 Å². The zero-order valence-electron chi connectivity index (χ0n) is 18.4. The molecule has 3 aromatic rings. The Hall–Kier alpha value is -3.66. The van der Waals surface area contributed by atoms with E-state index in [0.29, 0.717) is 42.3 Å². The Labute approximate surface area is 185 Å². The number of methoxy groups -OCH3 is 1. The molecule has 10 heteroatoms. The van der Waals surface area contributed by atoms with Crippen molar-refractivity contribution >= 4 is 23.0 Å². The van der Waals surface area contributed by atoms with Crippen molar-refractivity contribution in [2.75, 3.05) is 20.2 Å². The van der Waals surface area contributed by atoms with E-state index in [1.807, 2.05) is 6.07 Å². The number of aromatic amines is 1. The molecule has 0 unspecified atom stereocenters. The first-order chi connectivity index (χ1) is 15.3. The van der Waals surface area contributed by atoms with Crippen LogP contribution in [-0.2, 0) is 9.53 Å². The van der Waals surface area contributed by atoms with Crippen LogP contribution in [0.2, 0.25) is 0 Å². The zero-order chi connectivity index (χ0) is 23.3. The number of nitrogens with zero attached hydrogens (tertiary/aromatic N) is 2. The van der Waals surface area contributed by atoms with Crippen LogP contribution in [0.25, 0.3) is 16.7 Å². The van der Waals surface area contributed by atoms with Gasteiger partial charge in [0.25, 0.3) is 0 Å². The molecule has 6 N–H and O–H groups in total. The average Bonchev–Trinajstić information content (AvgIpc) is 3.18. The number of aromatic nitrogens is 3. The molecule has 32 heavy (non-hydrogen) atoms. The molecule has 0 bridgehead atoms. The summed E-state index contributed by atoms with van der Waals surface area (Å²) < 4.78 is 6.41. The summed E-state index contributed by atoms with van der Waals surface area (Å²) in [6.45, 7) is 5.18. The van der Waals surface area contributed by atoms with Gasteiger partial charge in [0.1, 0.15) is 11.7 Å². The van der Waals surface area contributed by atoms with E-state index >= 15 is 0 Å². The van der Waals surface area contributed by atoms with Crippen molar-refractivity contribution in [2.24, 2.45) is 5.73 Å². The van der Waals surface area contributed by atoms with Crippen LogP contribution >= 0.6 is 0 Å². The summed E-state index contributed by atoms with van der Waals surface area (Å²) in [5.74, 6) is -0.202. The van der Waals surface area contributed by atoms with E-state index in [2.05, 4.69) is 34.4 Å². The lowest BCUT2D eigenvalue weighted by Crippen LogP contribution is -2.34. The van der Waals surface area contributed by atoms with Crippen LogP contribution in [0.1, 0.15) is 43.5 Å². The highest BCUT2D eigenvalue weighted by atomic mass is 16.5. The van der Waals surface area contributed by atoms with E-state index in [9.17, 15) is 9.59 Å². The lowest BCUT2D eigenvalue weighted by molar-refractivity contribution is -0.143. The number of guanidine groups is 1. The van der Waals surface area contributed by atoms with Gasteiger partial charge >= 0.3 is 11.7 Å². The fraction of sp³-hybridized carbons (Fsp3) is 0.364. The van der Waals surface area contributed by atoms with Gasteiger partial charge in [0, 0.05) is 23.8 Å². The summed E-state index contributed by atoms with van der Waals surface area (Å²) in [6.07, 6.45) is 2.43. The van der Waals surface area contributed by atoms with Crippen molar-refractivity contribution in [1.29, 1.82) is 5.41 Å². The Balaban J connectivity index is 1.80. The Bertz CT molecular complexity index is 1150. The molecule has 0 saturated heterocycles. The molecule has 2 aromatic heterocycles. The zero-order valence-corrected chi connectivity index (χ0v) is 18.4. The molecule has 2 heterocycles. The topological polar surface area (TPSA) is 151 Å². The van der Waals surface area contributed by atoms with E-state index in [1.54, 1.807) is 30.5 Å². The largest absolute Gasteiger partial charge is 0.468 e. The molecule has 10 nitrogen and oxygen atoms in total. The molecule has 3 rings (SSSR count). The predicted octanol–water partition coefficient (Wildman–Crippen LogP) is 1.51. The van der Waals surface area contributed by atoms with E-state index in [0.717, 1.165) is 11.1 Å². The molecule has 0 amide bonds. The highest BCUT2D eigenvalue weighted by molar-refractivity contribution is 5.78. The normalized spacial score (nSPS) is 12.1. The van der Waals surface area contributed by atoms with E-state index in [1.165, 1.54) is 11.7 Å². The molecule has 0 radical (unpaired) electrons. The number of H-pyrrole nitrogens is 1. The molecular weight excluding hydrogens is 410 g/mol. The standard InChI is InChI=1S/C22H29N7O3/c1-13(2)17-11-15-12-29(22(31)28-19(15)27-17)16-7-5-14(6-8-16)18(20(30)32-3)25-9-4-10-26-21(23)24/h5-8,11-13,18,25H,4,9-10H2,1-3H3,(H4,23,24,26)(H,27,28,31)/t18-/m1/s1. The number of carbonyl (C=O) groups excluding carboxylic acids is 1. The van der Waals surface area contributed by atoms with Crippen LogP contribution in [0.4, 0.5) is 0 Å². The number of hydrogen-bond acceptors (Lipinski definition) is 6. The first-order valence-corrected chi connectivity index (χ1v) is 10.4. The summed E-state index contributed by atoms with van der Waals surface area (Å²) in [6, 6.07) is 8.46. The molecular formula is C22H29N7O3. The summed E-state index contributed by atoms with van der Waals surface area (Å²) >= 11 is 0. The Morgan fingerprint density at radius 3 is 2.62 bits per heavy atom. The Morgan fingerprint density at radius 1 is 1.28 bits per heavy atom. The molecule has 170 valence electrons. The van der Waals surface area contributed by atoms with Crippen LogP contribution in [0, 0.1) is 5.41 Å². The van der Waals surface area contributed by atoms with Crippen molar-refractivity contribution in [2.45, 2.75) is 32.2 Å². The van der Waals surface area contributed by atoms with Crippen molar-refractivity contribution in [3.05, 3.63) is 58.3 Å². The molecule has 1 atom stereocenters. The van der Waals surface area contributed by atoms with E-state index in [4.69, 9.17) is 15.9 Å². The molecule has 0 spiro atoms. The highest BCUT2D eigenvalue weighted by Crippen LogP contribution is 2.21. The molecule has 0 saturated carbocycles. The number of esters is 1. The summed E-state index contributed by atoms with van der Waals surface area (Å²) in [5, 5.41) is 13.9. The SMILES string of the molecule is COC(=O)[C@H](NCCCNC(=N)N)c1ccc(-n2cc3cc(C(C)C)[nH]c3nc2=O)cc1. The summed E-state index contributed by atoms with van der Waals surface area (Å²) in [5.41, 5.74) is 7.82. The first kappa shape index (κ1) is 23.0. The third-order valence-corrected chi connectivity index (χ3v) is 5.11. The fourth-order valence-electron chi connectivity index (χ4n) is 3.35. The monoisotopic (exact) mass is 439 g/mol. The third-order valence-electron chi connectivity index (χ3n) is 5.11. The molecule has 0 aliphatic carbocycles. The number of nitrogens with two attached hydrogens (primary N) is 1. The number of carbonyl (C=O) groups is 1. The Morgan fingerprint density at radius 2 is 2.00 bits per heavy atom. The fourth-order valence-corrected chi connectivity index (χ4v) is 3.35. The number of ether oxygens (including phenoxy) is 1. The van der Waals surface area contributed by atoms with Gasteiger partial charge in [-0.25, -0.2) is 9.59 Å². The number of rotatable bonds is 9. The van der Waals surface area contributed by atoms with Crippen LogP contribution in [0.3, 0.4) is 0 Å². The number of fused-ring (bicyclic) bond motifs is 1. The van der Waals surface area contributed by atoms with Gasteiger partial charge in [0.05, 0.1) is 12.8 Å². The van der Waals surface area contributed by atoms with Crippen LogP contribution in [0.15, 0.2) is 41.3 Å². The summed E-state index contributed by atoms with van der Waals surface area (Å²) in [4.78, 5) is 32.2. The summed E-state index contributed by atoms with van der Waals surface area (Å²) in [7, 11) is 1.34. The van der Waals surface area contributed by atoms with Crippen LogP contribution in [0.5, 0.6) is 0 Å². The number of hydrogen-bond donors (Lipinski definition) is 5. The quantitative estimate of drug-likeness (QED) is 0.147. The minimum Gasteiger partial charge on any atom is -0.468 e.